The SMILES string of the molecule is COc1cccc(CN(C(=O)CCCN2C(=O)c3ccccc3S2(=O)=O)[C@H](Cc2ccccc2)C(=O)NC(C)(C)C)c1. The third-order valence-electron chi connectivity index (χ3n) is 6.92. The van der Waals surface area contributed by atoms with Crippen molar-refractivity contribution in [3.8, 4) is 5.75 Å². The van der Waals surface area contributed by atoms with E-state index in [2.05, 4.69) is 5.32 Å². The van der Waals surface area contributed by atoms with E-state index in [0.29, 0.717) is 5.75 Å². The number of rotatable bonds is 11. The van der Waals surface area contributed by atoms with E-state index in [4.69, 9.17) is 4.74 Å². The van der Waals surface area contributed by atoms with E-state index in [1.807, 2.05) is 69.3 Å². The van der Waals surface area contributed by atoms with Crippen LogP contribution >= 0.6 is 0 Å². The lowest BCUT2D eigenvalue weighted by molar-refractivity contribution is -0.142. The number of amides is 3. The lowest BCUT2D eigenvalue weighted by Crippen LogP contribution is -2.54. The van der Waals surface area contributed by atoms with Gasteiger partial charge in [-0.25, -0.2) is 12.7 Å². The standard InChI is InChI=1S/C32H37N3O6S/c1-32(2,3)33-30(37)27(21-23-12-6-5-7-13-23)34(22-24-14-10-15-25(20-24)41-4)29(36)18-11-19-35-31(38)26-16-8-9-17-28(26)42(35,39)40/h5-10,12-17,20,27H,11,18-19,21-22H2,1-4H3,(H,33,37)/t27-/m1/s1. The van der Waals surface area contributed by atoms with Crippen molar-refractivity contribution in [3.63, 3.8) is 0 Å². The molecule has 0 bridgehead atoms. The zero-order chi connectivity index (χ0) is 30.5. The Bertz CT molecular complexity index is 1550. The van der Waals surface area contributed by atoms with E-state index < -0.39 is 27.5 Å². The van der Waals surface area contributed by atoms with Gasteiger partial charge in [-0.15, -0.1) is 0 Å². The van der Waals surface area contributed by atoms with Gasteiger partial charge in [0.25, 0.3) is 15.9 Å². The van der Waals surface area contributed by atoms with Gasteiger partial charge in [-0.2, -0.15) is 0 Å². The van der Waals surface area contributed by atoms with Crippen molar-refractivity contribution in [2.24, 2.45) is 0 Å². The number of benzene rings is 3. The molecular formula is C32H37N3O6S. The van der Waals surface area contributed by atoms with E-state index in [9.17, 15) is 22.8 Å². The fourth-order valence-corrected chi connectivity index (χ4v) is 6.55. The van der Waals surface area contributed by atoms with E-state index in [-0.39, 0.29) is 54.6 Å². The van der Waals surface area contributed by atoms with Gasteiger partial charge < -0.3 is 15.0 Å². The molecule has 3 aromatic carbocycles. The van der Waals surface area contributed by atoms with E-state index in [0.717, 1.165) is 15.4 Å². The van der Waals surface area contributed by atoms with Gasteiger partial charge in [0.1, 0.15) is 16.7 Å². The lowest BCUT2D eigenvalue weighted by Gasteiger charge is -2.34. The first-order valence-corrected chi connectivity index (χ1v) is 15.3. The second-order valence-corrected chi connectivity index (χ2v) is 13.1. The summed E-state index contributed by atoms with van der Waals surface area (Å²) in [7, 11) is -2.42. The number of carbonyl (C=O) groups is 3. The zero-order valence-corrected chi connectivity index (χ0v) is 25.2. The average Bonchev–Trinajstić information content (AvgIpc) is 3.15. The van der Waals surface area contributed by atoms with E-state index in [1.54, 1.807) is 25.3 Å². The summed E-state index contributed by atoms with van der Waals surface area (Å²) in [4.78, 5) is 42.0. The molecule has 3 amide bonds. The van der Waals surface area contributed by atoms with Gasteiger partial charge in [0.2, 0.25) is 11.8 Å². The molecule has 222 valence electrons. The number of nitrogens with zero attached hydrogens (tertiary/aromatic N) is 2. The summed E-state index contributed by atoms with van der Waals surface area (Å²) in [6.45, 7) is 5.63. The summed E-state index contributed by atoms with van der Waals surface area (Å²) in [5, 5.41) is 3.02. The number of fused-ring (bicyclic) bond motifs is 1. The summed E-state index contributed by atoms with van der Waals surface area (Å²) in [5.74, 6) is -0.603. The van der Waals surface area contributed by atoms with Gasteiger partial charge in [0, 0.05) is 31.5 Å². The number of methoxy groups -OCH3 is 1. The molecule has 4 rings (SSSR count). The number of hydrogen-bond acceptors (Lipinski definition) is 6. The van der Waals surface area contributed by atoms with Crippen LogP contribution in [-0.4, -0.2) is 60.6 Å². The summed E-state index contributed by atoms with van der Waals surface area (Å²) in [6.07, 6.45) is 0.325. The topological polar surface area (TPSA) is 113 Å². The Morgan fingerprint density at radius 3 is 2.29 bits per heavy atom. The highest BCUT2D eigenvalue weighted by molar-refractivity contribution is 7.90. The van der Waals surface area contributed by atoms with Gasteiger partial charge >= 0.3 is 0 Å². The molecule has 3 aromatic rings. The molecular weight excluding hydrogens is 554 g/mol. The minimum absolute atomic E-state index is 0.0252. The largest absolute Gasteiger partial charge is 0.497 e. The summed E-state index contributed by atoms with van der Waals surface area (Å²) in [5.41, 5.74) is 1.26. The molecule has 0 saturated heterocycles. The van der Waals surface area contributed by atoms with Gasteiger partial charge in [-0.3, -0.25) is 14.4 Å². The minimum Gasteiger partial charge on any atom is -0.497 e. The van der Waals surface area contributed by atoms with Crippen LogP contribution < -0.4 is 10.1 Å². The predicted molar refractivity (Wildman–Crippen MR) is 159 cm³/mol. The monoisotopic (exact) mass is 591 g/mol. The molecule has 1 heterocycles. The Hall–Kier alpha value is -4.18. The van der Waals surface area contributed by atoms with E-state index >= 15 is 0 Å². The van der Waals surface area contributed by atoms with Gasteiger partial charge in [0.05, 0.1) is 12.7 Å². The van der Waals surface area contributed by atoms with Gasteiger partial charge in [-0.05, 0) is 62.6 Å². The molecule has 0 spiro atoms. The molecule has 1 N–H and O–H groups in total. The maximum atomic E-state index is 13.9. The van der Waals surface area contributed by atoms with Crippen LogP contribution in [0.4, 0.5) is 0 Å². The maximum absolute atomic E-state index is 13.9. The Kier molecular flexibility index (Phi) is 9.36. The molecule has 1 atom stereocenters. The molecule has 0 saturated carbocycles. The lowest BCUT2D eigenvalue weighted by atomic mass is 10.00. The van der Waals surface area contributed by atoms with Crippen molar-refractivity contribution in [3.05, 3.63) is 95.6 Å². The number of hydrogen-bond donors (Lipinski definition) is 1. The van der Waals surface area contributed by atoms with Crippen molar-refractivity contribution >= 4 is 27.7 Å². The van der Waals surface area contributed by atoms with Crippen LogP contribution in [0.3, 0.4) is 0 Å². The number of nitrogens with one attached hydrogen (secondary N) is 1. The fourth-order valence-electron chi connectivity index (χ4n) is 4.94. The number of sulfonamides is 1. The Balaban J connectivity index is 1.60. The maximum Gasteiger partial charge on any atom is 0.269 e. The first-order valence-electron chi connectivity index (χ1n) is 13.8. The second kappa shape index (κ2) is 12.8. The molecule has 0 aliphatic carbocycles. The van der Waals surface area contributed by atoms with E-state index in [1.165, 1.54) is 17.0 Å². The first kappa shape index (κ1) is 30.8. The Morgan fingerprint density at radius 2 is 1.62 bits per heavy atom. The Labute approximate surface area is 247 Å². The molecule has 0 radical (unpaired) electrons. The van der Waals surface area contributed by atoms with Crippen LogP contribution in [0.15, 0.2) is 83.8 Å². The normalized spacial score (nSPS) is 14.7. The highest BCUT2D eigenvalue weighted by atomic mass is 32.2. The Morgan fingerprint density at radius 1 is 0.952 bits per heavy atom. The molecule has 0 aromatic heterocycles. The van der Waals surface area contributed by atoms with Crippen molar-refractivity contribution in [2.75, 3.05) is 13.7 Å². The van der Waals surface area contributed by atoms with Crippen molar-refractivity contribution in [1.82, 2.24) is 14.5 Å². The third-order valence-corrected chi connectivity index (χ3v) is 8.76. The molecule has 9 nitrogen and oxygen atoms in total. The second-order valence-electron chi connectivity index (χ2n) is 11.3. The molecule has 0 unspecified atom stereocenters. The summed E-state index contributed by atoms with van der Waals surface area (Å²) in [6, 6.07) is 22.0. The highest BCUT2D eigenvalue weighted by Crippen LogP contribution is 2.30. The molecule has 1 aliphatic heterocycles. The van der Waals surface area contributed by atoms with Crippen LogP contribution in [0, 0.1) is 0 Å². The van der Waals surface area contributed by atoms with Gasteiger partial charge in [0.15, 0.2) is 0 Å². The highest BCUT2D eigenvalue weighted by Gasteiger charge is 2.40. The predicted octanol–water partition coefficient (Wildman–Crippen LogP) is 4.17. The van der Waals surface area contributed by atoms with Crippen molar-refractivity contribution in [1.29, 1.82) is 0 Å². The van der Waals surface area contributed by atoms with Gasteiger partial charge in [-0.1, -0.05) is 54.6 Å². The van der Waals surface area contributed by atoms with Crippen LogP contribution in [0.1, 0.15) is 55.1 Å². The average molecular weight is 592 g/mol. The van der Waals surface area contributed by atoms with Crippen molar-refractivity contribution in [2.45, 2.75) is 63.1 Å². The molecule has 10 heteroatoms. The first-order chi connectivity index (χ1) is 19.9. The zero-order valence-electron chi connectivity index (χ0n) is 24.4. The number of ether oxygens (including phenoxy) is 1. The third kappa shape index (κ3) is 7.17. The van der Waals surface area contributed by atoms with Crippen LogP contribution in [0.2, 0.25) is 0 Å². The molecule has 0 fully saturated rings. The smallest absolute Gasteiger partial charge is 0.269 e. The number of carbonyl (C=O) groups excluding carboxylic acids is 3. The summed E-state index contributed by atoms with van der Waals surface area (Å²) < 4.78 is 32.2. The van der Waals surface area contributed by atoms with Crippen LogP contribution in [-0.2, 0) is 32.6 Å². The quantitative estimate of drug-likeness (QED) is 0.358. The fraction of sp³-hybridized carbons (Fsp3) is 0.344. The van der Waals surface area contributed by atoms with Crippen molar-refractivity contribution < 1.29 is 27.5 Å². The summed E-state index contributed by atoms with van der Waals surface area (Å²) >= 11 is 0. The molecule has 1 aliphatic rings. The minimum atomic E-state index is -3.98. The van der Waals surface area contributed by atoms with Crippen LogP contribution in [0.5, 0.6) is 5.75 Å². The van der Waals surface area contributed by atoms with Crippen LogP contribution in [0.25, 0.3) is 0 Å². The molecule has 42 heavy (non-hydrogen) atoms.